The number of thiophene rings is 1. The van der Waals surface area contributed by atoms with E-state index in [4.69, 9.17) is 0 Å². The maximum absolute atomic E-state index is 14.1. The summed E-state index contributed by atoms with van der Waals surface area (Å²) in [7, 11) is 3.07. The number of amides is 2. The van der Waals surface area contributed by atoms with Crippen LogP contribution in [0.4, 0.5) is 20.2 Å². The van der Waals surface area contributed by atoms with Crippen LogP contribution in [0.15, 0.2) is 29.6 Å². The van der Waals surface area contributed by atoms with Crippen LogP contribution >= 0.6 is 11.3 Å². The molecule has 1 aliphatic rings. The highest BCUT2D eigenvalue weighted by atomic mass is 32.1. The van der Waals surface area contributed by atoms with Gasteiger partial charge in [-0.3, -0.25) is 9.59 Å². The molecule has 27 heavy (non-hydrogen) atoms. The van der Waals surface area contributed by atoms with Gasteiger partial charge in [0.15, 0.2) is 11.6 Å². The molecule has 2 heterocycles. The number of carbonyl (C=O) groups excluding carboxylic acids is 2. The molecule has 144 valence electrons. The van der Waals surface area contributed by atoms with Gasteiger partial charge in [0.05, 0.1) is 6.42 Å². The summed E-state index contributed by atoms with van der Waals surface area (Å²) in [5, 5.41) is 4.45. The summed E-state index contributed by atoms with van der Waals surface area (Å²) in [6.07, 6.45) is 1.50. The lowest BCUT2D eigenvalue weighted by Crippen LogP contribution is -2.43. The van der Waals surface area contributed by atoms with Crippen LogP contribution in [-0.4, -0.2) is 43.4 Å². The number of hydrogen-bond acceptors (Lipinski definition) is 4. The predicted octanol–water partition coefficient (Wildman–Crippen LogP) is 3.26. The largest absolute Gasteiger partial charge is 0.373 e. The third kappa shape index (κ3) is 4.27. The molecule has 2 amide bonds. The van der Waals surface area contributed by atoms with E-state index in [1.807, 2.05) is 17.5 Å². The first-order valence-electron chi connectivity index (χ1n) is 8.66. The summed E-state index contributed by atoms with van der Waals surface area (Å²) < 4.78 is 28.2. The Morgan fingerprint density at radius 3 is 2.59 bits per heavy atom. The van der Waals surface area contributed by atoms with Gasteiger partial charge in [0.1, 0.15) is 11.7 Å². The van der Waals surface area contributed by atoms with Crippen molar-refractivity contribution in [3.8, 4) is 0 Å². The smallest absolute Gasteiger partial charge is 0.247 e. The van der Waals surface area contributed by atoms with Crippen molar-refractivity contribution in [1.82, 2.24) is 4.90 Å². The number of likely N-dealkylation sites (tertiary alicyclic amines) is 1. The van der Waals surface area contributed by atoms with Crippen molar-refractivity contribution in [2.24, 2.45) is 0 Å². The van der Waals surface area contributed by atoms with E-state index >= 15 is 0 Å². The summed E-state index contributed by atoms with van der Waals surface area (Å²) in [4.78, 5) is 29.0. The highest BCUT2D eigenvalue weighted by Crippen LogP contribution is 2.27. The summed E-state index contributed by atoms with van der Waals surface area (Å²) in [5.74, 6) is -2.06. The molecular formula is C19H21F2N3O2S. The van der Waals surface area contributed by atoms with Crippen molar-refractivity contribution < 1.29 is 18.4 Å². The van der Waals surface area contributed by atoms with Crippen LogP contribution in [0.3, 0.4) is 0 Å². The van der Waals surface area contributed by atoms with E-state index in [1.54, 1.807) is 4.90 Å². The lowest BCUT2D eigenvalue weighted by molar-refractivity contribution is -0.136. The molecule has 0 spiro atoms. The van der Waals surface area contributed by atoms with E-state index in [-0.39, 0.29) is 23.7 Å². The molecule has 0 bridgehead atoms. The van der Waals surface area contributed by atoms with Crippen LogP contribution in [0.25, 0.3) is 0 Å². The maximum Gasteiger partial charge on any atom is 0.247 e. The van der Waals surface area contributed by atoms with Crippen molar-refractivity contribution in [1.29, 1.82) is 0 Å². The first kappa shape index (κ1) is 19.3. The number of rotatable bonds is 5. The predicted molar refractivity (Wildman–Crippen MR) is 102 cm³/mol. The molecule has 1 unspecified atom stereocenters. The van der Waals surface area contributed by atoms with Crippen LogP contribution in [0.5, 0.6) is 0 Å². The fourth-order valence-corrected chi connectivity index (χ4v) is 3.99. The Labute approximate surface area is 160 Å². The summed E-state index contributed by atoms with van der Waals surface area (Å²) in [6.45, 7) is 0.505. The lowest BCUT2D eigenvalue weighted by Gasteiger charge is -2.24. The van der Waals surface area contributed by atoms with Crippen molar-refractivity contribution in [2.45, 2.75) is 25.3 Å². The second kappa shape index (κ2) is 8.04. The van der Waals surface area contributed by atoms with Crippen molar-refractivity contribution in [3.05, 3.63) is 46.2 Å². The topological polar surface area (TPSA) is 52.7 Å². The number of carbonyl (C=O) groups is 2. The first-order valence-corrected chi connectivity index (χ1v) is 9.54. The zero-order valence-electron chi connectivity index (χ0n) is 15.2. The van der Waals surface area contributed by atoms with Gasteiger partial charge in [0.25, 0.3) is 0 Å². The van der Waals surface area contributed by atoms with Gasteiger partial charge in [-0.1, -0.05) is 6.07 Å². The first-order chi connectivity index (χ1) is 12.9. The van der Waals surface area contributed by atoms with Crippen LogP contribution in [0.1, 0.15) is 17.7 Å². The van der Waals surface area contributed by atoms with Crippen LogP contribution in [-0.2, 0) is 16.0 Å². The molecule has 1 aliphatic heterocycles. The minimum absolute atomic E-state index is 0.0400. The maximum atomic E-state index is 14.1. The molecule has 1 aromatic heterocycles. The SMILES string of the molecule is CN(C)c1c(F)cc(NC(=O)C2CCCN2C(=O)Cc2cccs2)cc1F. The van der Waals surface area contributed by atoms with E-state index in [2.05, 4.69) is 5.32 Å². The van der Waals surface area contributed by atoms with E-state index in [0.29, 0.717) is 13.0 Å². The summed E-state index contributed by atoms with van der Waals surface area (Å²) in [6, 6.07) is 5.30. The average molecular weight is 393 g/mol. The number of halogens is 2. The molecule has 3 rings (SSSR count). The molecule has 2 aromatic rings. The van der Waals surface area contributed by atoms with Gasteiger partial charge in [-0.15, -0.1) is 11.3 Å². The molecule has 1 N–H and O–H groups in total. The molecule has 5 nitrogen and oxygen atoms in total. The summed E-state index contributed by atoms with van der Waals surface area (Å²) >= 11 is 1.49. The zero-order chi connectivity index (χ0) is 19.6. The average Bonchev–Trinajstić information content (AvgIpc) is 3.24. The molecule has 0 saturated carbocycles. The zero-order valence-corrected chi connectivity index (χ0v) is 16.0. The van der Waals surface area contributed by atoms with Gasteiger partial charge < -0.3 is 15.1 Å². The molecule has 1 fully saturated rings. The van der Waals surface area contributed by atoms with Crippen LogP contribution < -0.4 is 10.2 Å². The number of nitrogens with one attached hydrogen (secondary N) is 1. The molecular weight excluding hydrogens is 372 g/mol. The van der Waals surface area contributed by atoms with E-state index in [0.717, 1.165) is 23.4 Å². The fraction of sp³-hybridized carbons (Fsp3) is 0.368. The van der Waals surface area contributed by atoms with Crippen molar-refractivity contribution in [3.63, 3.8) is 0 Å². The van der Waals surface area contributed by atoms with Gasteiger partial charge in [-0.05, 0) is 36.4 Å². The van der Waals surface area contributed by atoms with Gasteiger partial charge >= 0.3 is 0 Å². The Bertz CT molecular complexity index is 816. The molecule has 0 aliphatic carbocycles. The standard InChI is InChI=1S/C19H21F2N3O2S/c1-23(2)18-14(20)9-12(10-15(18)21)22-19(26)16-6-3-7-24(16)17(25)11-13-5-4-8-27-13/h4-5,8-10,16H,3,6-7,11H2,1-2H3,(H,22,26). The molecule has 0 radical (unpaired) electrons. The fourth-order valence-electron chi connectivity index (χ4n) is 3.29. The Balaban J connectivity index is 1.70. The highest BCUT2D eigenvalue weighted by molar-refractivity contribution is 7.10. The molecule has 1 saturated heterocycles. The summed E-state index contributed by atoms with van der Waals surface area (Å²) in [5.41, 5.74) is -0.125. The van der Waals surface area contributed by atoms with E-state index in [9.17, 15) is 18.4 Å². The number of benzene rings is 1. The van der Waals surface area contributed by atoms with Crippen LogP contribution in [0, 0.1) is 11.6 Å². The van der Waals surface area contributed by atoms with Gasteiger partial charge in [0.2, 0.25) is 11.8 Å². The van der Waals surface area contributed by atoms with Gasteiger partial charge in [-0.2, -0.15) is 0 Å². The van der Waals surface area contributed by atoms with E-state index < -0.39 is 23.6 Å². The third-order valence-electron chi connectivity index (χ3n) is 4.51. The minimum atomic E-state index is -0.757. The second-order valence-electron chi connectivity index (χ2n) is 6.67. The van der Waals surface area contributed by atoms with Crippen molar-refractivity contribution in [2.75, 3.05) is 30.9 Å². The Morgan fingerprint density at radius 1 is 1.30 bits per heavy atom. The number of nitrogens with zero attached hydrogens (tertiary/aromatic N) is 2. The molecule has 8 heteroatoms. The second-order valence-corrected chi connectivity index (χ2v) is 7.71. The quantitative estimate of drug-likeness (QED) is 0.848. The normalized spacial score (nSPS) is 16.4. The molecule has 1 aromatic carbocycles. The molecule has 1 atom stereocenters. The Kier molecular flexibility index (Phi) is 5.74. The van der Waals surface area contributed by atoms with Gasteiger partial charge in [0, 0.05) is 31.2 Å². The minimum Gasteiger partial charge on any atom is -0.373 e. The van der Waals surface area contributed by atoms with Crippen molar-refractivity contribution >= 4 is 34.5 Å². The Morgan fingerprint density at radius 2 is 2.00 bits per heavy atom. The number of anilines is 2. The lowest BCUT2D eigenvalue weighted by atomic mass is 10.1. The van der Waals surface area contributed by atoms with Crippen LogP contribution in [0.2, 0.25) is 0 Å². The third-order valence-corrected chi connectivity index (χ3v) is 5.39. The number of hydrogen-bond donors (Lipinski definition) is 1. The van der Waals surface area contributed by atoms with Gasteiger partial charge in [-0.25, -0.2) is 8.78 Å². The Hall–Kier alpha value is -2.48. The monoisotopic (exact) mass is 393 g/mol. The van der Waals surface area contributed by atoms with E-state index in [1.165, 1.54) is 30.3 Å². The highest BCUT2D eigenvalue weighted by Gasteiger charge is 2.34.